The molecule has 4 aromatic heterocycles. The van der Waals surface area contributed by atoms with Gasteiger partial charge in [-0.1, -0.05) is 200 Å². The Labute approximate surface area is 409 Å². The summed E-state index contributed by atoms with van der Waals surface area (Å²) in [7, 11) is -2.74. The van der Waals surface area contributed by atoms with Gasteiger partial charge in [0.05, 0.1) is 27.8 Å². The molecule has 0 aliphatic heterocycles. The van der Waals surface area contributed by atoms with Gasteiger partial charge < -0.3 is 4.57 Å². The fourth-order valence-corrected chi connectivity index (χ4v) is 17.2. The van der Waals surface area contributed by atoms with Crippen LogP contribution in [-0.2, 0) is 0 Å². The predicted molar refractivity (Wildman–Crippen MR) is 298 cm³/mol. The van der Waals surface area contributed by atoms with Crippen LogP contribution in [0, 0.1) is 0 Å². The number of fused-ring (bicyclic) bond motifs is 9. The van der Waals surface area contributed by atoms with E-state index in [0.717, 1.165) is 44.7 Å². The molecule has 0 saturated carbocycles. The smallest absolute Gasteiger partial charge is 0.179 e. The third-order valence-electron chi connectivity index (χ3n) is 14.3. The SMILES string of the molecule is c1ccc([Si](c2ccccc2)(c2ccccc2)c2ccc(-c3cc(-n4c5ccccc5c5cc(-n6c7ccccc7c7ccccc76)ccc54)nc(-c4cccc5sc6ccccc6c45)n3)cc2)cc1. The molecule has 0 radical (unpaired) electrons. The molecule has 0 bridgehead atoms. The van der Waals surface area contributed by atoms with Crippen molar-refractivity contribution in [2.45, 2.75) is 0 Å². The van der Waals surface area contributed by atoms with Crippen LogP contribution in [0.3, 0.4) is 0 Å². The Balaban J connectivity index is 1.00. The van der Waals surface area contributed by atoms with Crippen molar-refractivity contribution in [3.63, 3.8) is 0 Å². The third kappa shape index (κ3) is 6.20. The molecular weight excluding hydrogens is 885 g/mol. The van der Waals surface area contributed by atoms with Gasteiger partial charge in [-0.3, -0.25) is 4.57 Å². The van der Waals surface area contributed by atoms with E-state index in [4.69, 9.17) is 9.97 Å². The largest absolute Gasteiger partial charge is 0.309 e. The standard InChI is InChI=1S/C64H42N4SSi/c1-4-19-45(20-5-1)70(46-21-6-2-7-22-46,47-23-8-3-9-24-47)48-38-35-43(36-39-48)55-42-62(66-64(65-55)53-29-18-34-61-63(53)52-28-13-17-33-60(52)69-61)68-58-32-16-12-27-51(58)54-41-44(37-40-59(54)68)67-56-30-14-10-25-49(56)50-26-11-15-31-57(50)67/h1-42H. The highest BCUT2D eigenvalue weighted by Crippen LogP contribution is 2.41. The van der Waals surface area contributed by atoms with Crippen molar-refractivity contribution < 1.29 is 0 Å². The van der Waals surface area contributed by atoms with Gasteiger partial charge in [0.25, 0.3) is 0 Å². The van der Waals surface area contributed by atoms with Crippen LogP contribution in [0.15, 0.2) is 255 Å². The number of benzene rings is 10. The summed E-state index contributed by atoms with van der Waals surface area (Å²) >= 11 is 1.82. The number of rotatable bonds is 8. The lowest BCUT2D eigenvalue weighted by molar-refractivity contribution is 1.05. The molecule has 4 heterocycles. The highest BCUT2D eigenvalue weighted by Gasteiger charge is 2.41. The van der Waals surface area contributed by atoms with E-state index in [1.165, 1.54) is 68.1 Å². The summed E-state index contributed by atoms with van der Waals surface area (Å²) in [5.41, 5.74) is 8.58. The van der Waals surface area contributed by atoms with Crippen molar-refractivity contribution in [3.05, 3.63) is 255 Å². The van der Waals surface area contributed by atoms with Crippen LogP contribution < -0.4 is 20.7 Å². The third-order valence-corrected chi connectivity index (χ3v) is 20.2. The molecule has 14 rings (SSSR count). The van der Waals surface area contributed by atoms with E-state index in [9.17, 15) is 0 Å². The Hall–Kier alpha value is -8.68. The van der Waals surface area contributed by atoms with Gasteiger partial charge in [-0.25, -0.2) is 9.97 Å². The molecule has 70 heavy (non-hydrogen) atoms. The molecule has 328 valence electrons. The lowest BCUT2D eigenvalue weighted by Gasteiger charge is -2.34. The van der Waals surface area contributed by atoms with Gasteiger partial charge >= 0.3 is 0 Å². The summed E-state index contributed by atoms with van der Waals surface area (Å²) in [5.74, 6) is 1.51. The first-order valence-electron chi connectivity index (χ1n) is 23.8. The van der Waals surface area contributed by atoms with Crippen LogP contribution in [0.4, 0.5) is 0 Å². The maximum absolute atomic E-state index is 5.60. The normalized spacial score (nSPS) is 12.0. The number of hydrogen-bond donors (Lipinski definition) is 0. The first-order valence-corrected chi connectivity index (χ1v) is 26.6. The van der Waals surface area contributed by atoms with E-state index < -0.39 is 8.07 Å². The predicted octanol–water partition coefficient (Wildman–Crippen LogP) is 13.8. The zero-order chi connectivity index (χ0) is 46.2. The second-order valence-corrected chi connectivity index (χ2v) is 23.0. The van der Waals surface area contributed by atoms with Crippen LogP contribution in [0.25, 0.3) is 97.9 Å². The van der Waals surface area contributed by atoms with Crippen molar-refractivity contribution in [2.75, 3.05) is 0 Å². The van der Waals surface area contributed by atoms with E-state index in [-0.39, 0.29) is 0 Å². The summed E-state index contributed by atoms with van der Waals surface area (Å²) in [4.78, 5) is 11.1. The second-order valence-electron chi connectivity index (χ2n) is 18.1. The Bertz CT molecular complexity index is 4140. The molecule has 0 aliphatic carbocycles. The average molecular weight is 927 g/mol. The van der Waals surface area contributed by atoms with Gasteiger partial charge in [-0.2, -0.15) is 0 Å². The molecule has 0 aliphatic rings. The summed E-state index contributed by atoms with van der Waals surface area (Å²) in [6, 6.07) is 93.1. The fourth-order valence-electron chi connectivity index (χ4n) is 11.3. The lowest BCUT2D eigenvalue weighted by Crippen LogP contribution is -2.74. The number of para-hydroxylation sites is 3. The Kier molecular flexibility index (Phi) is 9.37. The van der Waals surface area contributed by atoms with Gasteiger partial charge in [-0.15, -0.1) is 11.3 Å². The molecule has 4 nitrogen and oxygen atoms in total. The zero-order valence-corrected chi connectivity index (χ0v) is 39.8. The Morgan fingerprint density at radius 1 is 0.343 bits per heavy atom. The molecule has 0 fully saturated rings. The van der Waals surface area contributed by atoms with Gasteiger partial charge in [-0.05, 0) is 69.3 Å². The van der Waals surface area contributed by atoms with Crippen LogP contribution in [0.1, 0.15) is 0 Å². The van der Waals surface area contributed by atoms with E-state index in [1.54, 1.807) is 0 Å². The summed E-state index contributed by atoms with van der Waals surface area (Å²) in [5, 5.41) is 12.6. The maximum atomic E-state index is 5.60. The molecular formula is C64H42N4SSi. The fraction of sp³-hybridized carbons (Fsp3) is 0. The quantitative estimate of drug-likeness (QED) is 0.112. The molecule has 6 heteroatoms. The number of hydrogen-bond acceptors (Lipinski definition) is 3. The Morgan fingerprint density at radius 3 is 1.44 bits per heavy atom. The van der Waals surface area contributed by atoms with E-state index in [0.29, 0.717) is 5.82 Å². The molecule has 14 aromatic rings. The summed E-state index contributed by atoms with van der Waals surface area (Å²) in [6.45, 7) is 0. The lowest BCUT2D eigenvalue weighted by atomic mass is 10.1. The molecule has 0 amide bonds. The van der Waals surface area contributed by atoms with Crippen LogP contribution >= 0.6 is 11.3 Å². The van der Waals surface area contributed by atoms with Crippen molar-refractivity contribution in [1.29, 1.82) is 0 Å². The van der Waals surface area contributed by atoms with E-state index in [1.807, 2.05) is 11.3 Å². The molecule has 0 N–H and O–H groups in total. The first kappa shape index (κ1) is 40.4. The van der Waals surface area contributed by atoms with Gasteiger partial charge in [0.2, 0.25) is 0 Å². The molecule has 10 aromatic carbocycles. The van der Waals surface area contributed by atoms with Crippen molar-refractivity contribution in [2.24, 2.45) is 0 Å². The molecule has 0 unspecified atom stereocenters. The van der Waals surface area contributed by atoms with Crippen molar-refractivity contribution >= 4 is 104 Å². The average Bonchev–Trinajstić information content (AvgIpc) is 4.10. The van der Waals surface area contributed by atoms with Crippen LogP contribution in [0.5, 0.6) is 0 Å². The first-order chi connectivity index (χ1) is 34.7. The van der Waals surface area contributed by atoms with Gasteiger partial charge in [0.15, 0.2) is 13.9 Å². The molecule has 0 saturated heterocycles. The van der Waals surface area contributed by atoms with E-state index >= 15 is 0 Å². The van der Waals surface area contributed by atoms with Crippen molar-refractivity contribution in [1.82, 2.24) is 19.1 Å². The topological polar surface area (TPSA) is 35.6 Å². The minimum Gasteiger partial charge on any atom is -0.309 e. The summed E-state index contributed by atoms with van der Waals surface area (Å²) < 4.78 is 7.21. The van der Waals surface area contributed by atoms with Gasteiger partial charge in [0.1, 0.15) is 5.82 Å². The Morgan fingerprint density at radius 2 is 0.829 bits per heavy atom. The minimum absolute atomic E-state index is 0.695. The van der Waals surface area contributed by atoms with Gasteiger partial charge in [0, 0.05) is 64.6 Å². The monoisotopic (exact) mass is 926 g/mol. The van der Waals surface area contributed by atoms with Crippen LogP contribution in [-0.4, -0.2) is 27.2 Å². The van der Waals surface area contributed by atoms with Crippen molar-refractivity contribution in [3.8, 4) is 34.2 Å². The number of thiophene rings is 1. The number of nitrogens with zero attached hydrogens (tertiary/aromatic N) is 4. The maximum Gasteiger partial charge on any atom is 0.179 e. The highest BCUT2D eigenvalue weighted by molar-refractivity contribution is 7.26. The highest BCUT2D eigenvalue weighted by atomic mass is 32.1. The summed E-state index contributed by atoms with van der Waals surface area (Å²) in [6.07, 6.45) is 0. The molecule has 0 atom stereocenters. The molecule has 0 spiro atoms. The number of aromatic nitrogens is 4. The zero-order valence-electron chi connectivity index (χ0n) is 37.9. The second kappa shape index (κ2) is 16.2. The van der Waals surface area contributed by atoms with E-state index in [2.05, 4.69) is 264 Å². The minimum atomic E-state index is -2.74. The van der Waals surface area contributed by atoms with Crippen LogP contribution in [0.2, 0.25) is 0 Å².